The smallest absolute Gasteiger partial charge is 0.305 e. The van der Waals surface area contributed by atoms with Gasteiger partial charge >= 0.3 is 5.97 Å². The molecule has 3 nitrogen and oxygen atoms in total. The molecule has 0 aliphatic rings. The molecular formula is C18H37NO2. The average molecular weight is 299 g/mol. The first-order valence-corrected chi connectivity index (χ1v) is 9.17. The van der Waals surface area contributed by atoms with Gasteiger partial charge in [0.1, 0.15) is 0 Å². The van der Waals surface area contributed by atoms with Crippen molar-refractivity contribution < 1.29 is 9.53 Å². The van der Waals surface area contributed by atoms with Gasteiger partial charge in [0.2, 0.25) is 0 Å². The molecule has 0 amide bonds. The van der Waals surface area contributed by atoms with Gasteiger partial charge in [0, 0.05) is 6.42 Å². The Kier molecular flexibility index (Phi) is 17.0. The molecule has 0 fully saturated rings. The fourth-order valence-corrected chi connectivity index (χ4v) is 2.44. The highest BCUT2D eigenvalue weighted by atomic mass is 16.5. The van der Waals surface area contributed by atoms with E-state index in [1.807, 2.05) is 0 Å². The van der Waals surface area contributed by atoms with Crippen LogP contribution < -0.4 is 5.73 Å². The molecule has 126 valence electrons. The number of hydrogen-bond donors (Lipinski definition) is 1. The van der Waals surface area contributed by atoms with Crippen LogP contribution in [0.1, 0.15) is 96.8 Å². The van der Waals surface area contributed by atoms with E-state index in [1.54, 1.807) is 0 Å². The standard InChI is InChI=1S/C18H37NO2/c1-2-3-4-5-6-7-11-14-17-21-18(20)15-12-9-8-10-13-16-19/h2-17,19H2,1H3. The molecule has 21 heavy (non-hydrogen) atoms. The second kappa shape index (κ2) is 17.5. The van der Waals surface area contributed by atoms with Gasteiger partial charge in [-0.1, -0.05) is 71.1 Å². The van der Waals surface area contributed by atoms with Crippen LogP contribution in [0.15, 0.2) is 0 Å². The summed E-state index contributed by atoms with van der Waals surface area (Å²) >= 11 is 0. The number of esters is 1. The zero-order valence-electron chi connectivity index (χ0n) is 14.2. The Morgan fingerprint density at radius 3 is 1.90 bits per heavy atom. The molecule has 0 saturated heterocycles. The van der Waals surface area contributed by atoms with Gasteiger partial charge in [0.05, 0.1) is 6.61 Å². The van der Waals surface area contributed by atoms with Crippen molar-refractivity contribution in [1.29, 1.82) is 0 Å². The van der Waals surface area contributed by atoms with Crippen molar-refractivity contribution in [3.63, 3.8) is 0 Å². The third kappa shape index (κ3) is 17.4. The number of unbranched alkanes of at least 4 members (excludes halogenated alkanes) is 11. The maximum atomic E-state index is 11.5. The Labute approximate surface area is 132 Å². The molecule has 0 aromatic carbocycles. The average Bonchev–Trinajstić information content (AvgIpc) is 2.49. The zero-order valence-corrected chi connectivity index (χ0v) is 14.2. The predicted octanol–water partition coefficient (Wildman–Crippen LogP) is 4.97. The summed E-state index contributed by atoms with van der Waals surface area (Å²) < 4.78 is 5.26. The molecule has 0 atom stereocenters. The largest absolute Gasteiger partial charge is 0.466 e. The van der Waals surface area contributed by atoms with Crippen LogP contribution in [0, 0.1) is 0 Å². The lowest BCUT2D eigenvalue weighted by atomic mass is 10.1. The minimum absolute atomic E-state index is 0.0169. The van der Waals surface area contributed by atoms with Crippen LogP contribution in [0.3, 0.4) is 0 Å². The lowest BCUT2D eigenvalue weighted by molar-refractivity contribution is -0.143. The van der Waals surface area contributed by atoms with Crippen molar-refractivity contribution >= 4 is 5.97 Å². The fourth-order valence-electron chi connectivity index (χ4n) is 2.44. The second-order valence-electron chi connectivity index (χ2n) is 6.00. The number of carbonyl (C=O) groups is 1. The van der Waals surface area contributed by atoms with E-state index in [0.29, 0.717) is 13.0 Å². The maximum absolute atomic E-state index is 11.5. The molecule has 2 N–H and O–H groups in total. The molecule has 0 aliphatic carbocycles. The SMILES string of the molecule is CCCCCCCCCCOC(=O)CCCCCCCN. The topological polar surface area (TPSA) is 52.3 Å². The normalized spacial score (nSPS) is 10.8. The zero-order chi connectivity index (χ0) is 15.6. The summed E-state index contributed by atoms with van der Waals surface area (Å²) in [7, 11) is 0. The third-order valence-corrected chi connectivity index (χ3v) is 3.85. The summed E-state index contributed by atoms with van der Waals surface area (Å²) in [6.07, 6.45) is 16.4. The third-order valence-electron chi connectivity index (χ3n) is 3.85. The number of rotatable bonds is 16. The first-order valence-electron chi connectivity index (χ1n) is 9.17. The monoisotopic (exact) mass is 299 g/mol. The quantitative estimate of drug-likeness (QED) is 0.323. The van der Waals surface area contributed by atoms with Crippen molar-refractivity contribution in [1.82, 2.24) is 0 Å². The van der Waals surface area contributed by atoms with Crippen LogP contribution in [-0.4, -0.2) is 19.1 Å². The van der Waals surface area contributed by atoms with Crippen LogP contribution in [0.2, 0.25) is 0 Å². The lowest BCUT2D eigenvalue weighted by Gasteiger charge is -2.05. The molecule has 0 saturated carbocycles. The summed E-state index contributed by atoms with van der Waals surface area (Å²) in [5.74, 6) is -0.0169. The minimum Gasteiger partial charge on any atom is -0.466 e. The predicted molar refractivity (Wildman–Crippen MR) is 90.3 cm³/mol. The summed E-state index contributed by atoms with van der Waals surface area (Å²) in [5, 5.41) is 0. The van der Waals surface area contributed by atoms with Crippen LogP contribution in [-0.2, 0) is 9.53 Å². The molecule has 3 heteroatoms. The first kappa shape index (κ1) is 20.4. The molecule has 0 aliphatic heterocycles. The van der Waals surface area contributed by atoms with Gasteiger partial charge < -0.3 is 10.5 Å². The van der Waals surface area contributed by atoms with Crippen LogP contribution in [0.5, 0.6) is 0 Å². The van der Waals surface area contributed by atoms with E-state index in [4.69, 9.17) is 10.5 Å². The molecule has 0 bridgehead atoms. The van der Waals surface area contributed by atoms with E-state index in [2.05, 4.69) is 6.92 Å². The van der Waals surface area contributed by atoms with Gasteiger partial charge in [-0.3, -0.25) is 4.79 Å². The number of nitrogens with two attached hydrogens (primary N) is 1. The fraction of sp³-hybridized carbons (Fsp3) is 0.944. The summed E-state index contributed by atoms with van der Waals surface area (Å²) in [4.78, 5) is 11.5. The highest BCUT2D eigenvalue weighted by molar-refractivity contribution is 5.69. The molecule has 0 heterocycles. The molecule has 0 spiro atoms. The van der Waals surface area contributed by atoms with Crippen LogP contribution >= 0.6 is 0 Å². The second-order valence-corrected chi connectivity index (χ2v) is 6.00. The van der Waals surface area contributed by atoms with Crippen molar-refractivity contribution in [2.75, 3.05) is 13.2 Å². The van der Waals surface area contributed by atoms with Crippen molar-refractivity contribution in [3.8, 4) is 0 Å². The highest BCUT2D eigenvalue weighted by Crippen LogP contribution is 2.09. The van der Waals surface area contributed by atoms with Gasteiger partial charge in [-0.15, -0.1) is 0 Å². The van der Waals surface area contributed by atoms with Gasteiger partial charge in [-0.25, -0.2) is 0 Å². The van der Waals surface area contributed by atoms with Crippen molar-refractivity contribution in [3.05, 3.63) is 0 Å². The number of hydrogen-bond acceptors (Lipinski definition) is 3. The van der Waals surface area contributed by atoms with E-state index in [9.17, 15) is 4.79 Å². The van der Waals surface area contributed by atoms with E-state index >= 15 is 0 Å². The summed E-state index contributed by atoms with van der Waals surface area (Å²) in [6.45, 7) is 3.64. The maximum Gasteiger partial charge on any atom is 0.305 e. The van der Waals surface area contributed by atoms with E-state index in [0.717, 1.165) is 32.2 Å². The molecule has 0 radical (unpaired) electrons. The van der Waals surface area contributed by atoms with Gasteiger partial charge in [-0.2, -0.15) is 0 Å². The van der Waals surface area contributed by atoms with E-state index in [-0.39, 0.29) is 5.97 Å². The Morgan fingerprint density at radius 1 is 0.762 bits per heavy atom. The molecule has 0 rings (SSSR count). The summed E-state index contributed by atoms with van der Waals surface area (Å²) in [6, 6.07) is 0. The van der Waals surface area contributed by atoms with Gasteiger partial charge in [0.25, 0.3) is 0 Å². The Hall–Kier alpha value is -0.570. The molecule has 0 unspecified atom stereocenters. The Bertz CT molecular complexity index is 219. The van der Waals surface area contributed by atoms with Gasteiger partial charge in [-0.05, 0) is 25.8 Å². The van der Waals surface area contributed by atoms with E-state index < -0.39 is 0 Å². The molecule has 0 aromatic heterocycles. The highest BCUT2D eigenvalue weighted by Gasteiger charge is 2.02. The lowest BCUT2D eigenvalue weighted by Crippen LogP contribution is -2.05. The molecule has 0 aromatic rings. The van der Waals surface area contributed by atoms with Crippen LogP contribution in [0.4, 0.5) is 0 Å². The van der Waals surface area contributed by atoms with Crippen LogP contribution in [0.25, 0.3) is 0 Å². The number of carbonyl (C=O) groups excluding carboxylic acids is 1. The molecular weight excluding hydrogens is 262 g/mol. The Balaban J connectivity index is 3.12. The van der Waals surface area contributed by atoms with Crippen molar-refractivity contribution in [2.45, 2.75) is 96.8 Å². The number of ether oxygens (including phenoxy) is 1. The summed E-state index contributed by atoms with van der Waals surface area (Å²) in [5.41, 5.74) is 5.44. The van der Waals surface area contributed by atoms with Crippen molar-refractivity contribution in [2.24, 2.45) is 5.73 Å². The first-order chi connectivity index (χ1) is 10.3. The Morgan fingerprint density at radius 2 is 1.29 bits per heavy atom. The van der Waals surface area contributed by atoms with Gasteiger partial charge in [0.15, 0.2) is 0 Å². The minimum atomic E-state index is -0.0169. The van der Waals surface area contributed by atoms with E-state index in [1.165, 1.54) is 57.8 Å².